The molecule has 0 bridgehead atoms. The minimum Gasteiger partial charge on any atom is -0.318 e. The third-order valence-corrected chi connectivity index (χ3v) is 5.63. The van der Waals surface area contributed by atoms with E-state index in [-0.39, 0.29) is 11.7 Å². The van der Waals surface area contributed by atoms with Crippen molar-refractivity contribution in [3.8, 4) is 5.69 Å². The number of rotatable bonds is 7. The molecule has 1 amide bonds. The summed E-state index contributed by atoms with van der Waals surface area (Å²) in [6, 6.07) is 15.8. The molecule has 0 unspecified atom stereocenters. The van der Waals surface area contributed by atoms with Crippen LogP contribution in [0.1, 0.15) is 23.4 Å². The molecule has 150 valence electrons. The highest BCUT2D eigenvalue weighted by molar-refractivity contribution is 7.99. The van der Waals surface area contributed by atoms with E-state index in [1.165, 1.54) is 12.1 Å². The molecule has 0 saturated heterocycles. The van der Waals surface area contributed by atoms with E-state index >= 15 is 0 Å². The minimum atomic E-state index is -0.269. The summed E-state index contributed by atoms with van der Waals surface area (Å²) in [5.74, 6) is 0.243. The first-order valence-corrected chi connectivity index (χ1v) is 10.5. The molecule has 0 aliphatic carbocycles. The van der Waals surface area contributed by atoms with E-state index in [0.717, 1.165) is 27.5 Å². The second kappa shape index (κ2) is 9.76. The molecule has 2 aromatic carbocycles. The maximum atomic E-state index is 13.2. The zero-order valence-corrected chi connectivity index (χ0v) is 17.7. The number of hydrazone groups is 1. The Morgan fingerprint density at radius 1 is 1.17 bits per heavy atom. The van der Waals surface area contributed by atoms with Gasteiger partial charge < -0.3 is 4.57 Å². The van der Waals surface area contributed by atoms with Crippen molar-refractivity contribution in [1.29, 1.82) is 0 Å². The van der Waals surface area contributed by atoms with Crippen LogP contribution in [0.2, 0.25) is 5.02 Å². The fourth-order valence-electron chi connectivity index (χ4n) is 2.93. The molecule has 3 rings (SSSR count). The lowest BCUT2D eigenvalue weighted by Gasteiger charge is -2.09. The van der Waals surface area contributed by atoms with Crippen LogP contribution >= 0.6 is 23.4 Å². The van der Waals surface area contributed by atoms with Crippen LogP contribution in [0.25, 0.3) is 5.69 Å². The number of hydrogen-bond acceptors (Lipinski definition) is 3. The van der Waals surface area contributed by atoms with Gasteiger partial charge in [0.05, 0.1) is 6.21 Å². The predicted molar refractivity (Wildman–Crippen MR) is 118 cm³/mol. The molecule has 0 spiro atoms. The van der Waals surface area contributed by atoms with Crippen molar-refractivity contribution in [1.82, 2.24) is 9.99 Å². The highest BCUT2D eigenvalue weighted by atomic mass is 35.5. The topological polar surface area (TPSA) is 46.4 Å². The lowest BCUT2D eigenvalue weighted by Crippen LogP contribution is -2.17. The van der Waals surface area contributed by atoms with E-state index in [9.17, 15) is 9.18 Å². The van der Waals surface area contributed by atoms with Gasteiger partial charge in [0, 0.05) is 44.7 Å². The summed E-state index contributed by atoms with van der Waals surface area (Å²) < 4.78 is 15.2. The van der Waals surface area contributed by atoms with E-state index in [1.807, 2.05) is 48.7 Å². The Morgan fingerprint density at radius 3 is 2.55 bits per heavy atom. The van der Waals surface area contributed by atoms with E-state index < -0.39 is 0 Å². The van der Waals surface area contributed by atoms with E-state index in [1.54, 1.807) is 30.1 Å². The number of aryl methyl sites for hydroxylation is 1. The van der Waals surface area contributed by atoms with E-state index in [4.69, 9.17) is 11.6 Å². The van der Waals surface area contributed by atoms with Gasteiger partial charge in [0.25, 0.3) is 0 Å². The van der Waals surface area contributed by atoms with Gasteiger partial charge in [-0.05, 0) is 68.4 Å². The van der Waals surface area contributed by atoms with Crippen LogP contribution in [0, 0.1) is 19.7 Å². The van der Waals surface area contributed by atoms with Gasteiger partial charge in [-0.3, -0.25) is 4.79 Å². The van der Waals surface area contributed by atoms with Gasteiger partial charge in [0.15, 0.2) is 0 Å². The van der Waals surface area contributed by atoms with E-state index in [0.29, 0.717) is 17.2 Å². The molecule has 0 aliphatic heterocycles. The Kier molecular flexibility index (Phi) is 7.12. The van der Waals surface area contributed by atoms with Crippen LogP contribution in [-0.4, -0.2) is 22.4 Å². The number of nitrogens with one attached hydrogen (secondary N) is 1. The molecule has 1 aromatic heterocycles. The number of carbonyl (C=O) groups is 1. The molecule has 0 atom stereocenters. The first-order chi connectivity index (χ1) is 13.9. The first kappa shape index (κ1) is 21.1. The van der Waals surface area contributed by atoms with Crippen LogP contribution in [-0.2, 0) is 4.79 Å². The Bertz CT molecular complexity index is 1010. The minimum absolute atomic E-state index is 0.143. The number of aromatic nitrogens is 1. The van der Waals surface area contributed by atoms with Crippen molar-refractivity contribution in [2.45, 2.75) is 25.2 Å². The van der Waals surface area contributed by atoms with Gasteiger partial charge in [-0.15, -0.1) is 11.8 Å². The maximum Gasteiger partial charge on any atom is 0.240 e. The Labute approximate surface area is 178 Å². The van der Waals surface area contributed by atoms with Crippen molar-refractivity contribution >= 4 is 35.5 Å². The molecular formula is C22H21ClFN3OS. The standard InChI is InChI=1S/C22H21ClFN3OS/c1-15-13-17(16(2)27(15)20-7-5-19(24)6-8-20)14-25-26-22(28)11-12-29-21-9-3-18(23)4-10-21/h3-10,13-14H,11-12H2,1-2H3,(H,26,28)/b25-14-. The van der Waals surface area contributed by atoms with Crippen LogP contribution in [0.4, 0.5) is 4.39 Å². The summed E-state index contributed by atoms with van der Waals surface area (Å²) in [5.41, 5.74) is 6.30. The third-order valence-electron chi connectivity index (χ3n) is 4.36. The van der Waals surface area contributed by atoms with Crippen LogP contribution in [0.5, 0.6) is 0 Å². The van der Waals surface area contributed by atoms with Gasteiger partial charge in [-0.1, -0.05) is 11.6 Å². The fraction of sp³-hybridized carbons (Fsp3) is 0.182. The molecule has 4 nitrogen and oxygen atoms in total. The Hall–Kier alpha value is -2.57. The number of thioether (sulfide) groups is 1. The normalized spacial score (nSPS) is 11.2. The van der Waals surface area contributed by atoms with Crippen LogP contribution < -0.4 is 5.43 Å². The van der Waals surface area contributed by atoms with Crippen molar-refractivity contribution < 1.29 is 9.18 Å². The van der Waals surface area contributed by atoms with Crippen LogP contribution in [0.3, 0.4) is 0 Å². The molecule has 1 heterocycles. The summed E-state index contributed by atoms with van der Waals surface area (Å²) in [4.78, 5) is 13.1. The number of carbonyl (C=O) groups excluding carboxylic acids is 1. The maximum absolute atomic E-state index is 13.2. The molecule has 1 N–H and O–H groups in total. The molecule has 0 fully saturated rings. The van der Waals surface area contributed by atoms with Crippen molar-refractivity contribution in [3.63, 3.8) is 0 Å². The Morgan fingerprint density at radius 2 is 1.86 bits per heavy atom. The lowest BCUT2D eigenvalue weighted by molar-refractivity contribution is -0.120. The van der Waals surface area contributed by atoms with E-state index in [2.05, 4.69) is 10.5 Å². The summed E-state index contributed by atoms with van der Waals surface area (Å²) in [7, 11) is 0. The summed E-state index contributed by atoms with van der Waals surface area (Å²) in [5, 5.41) is 4.77. The summed E-state index contributed by atoms with van der Waals surface area (Å²) >= 11 is 7.45. The Balaban J connectivity index is 1.54. The highest BCUT2D eigenvalue weighted by Crippen LogP contribution is 2.21. The zero-order valence-electron chi connectivity index (χ0n) is 16.2. The molecule has 7 heteroatoms. The average molecular weight is 430 g/mol. The zero-order chi connectivity index (χ0) is 20.8. The van der Waals surface area contributed by atoms with Gasteiger partial charge in [0.1, 0.15) is 5.82 Å². The van der Waals surface area contributed by atoms with Crippen molar-refractivity contribution in [3.05, 3.63) is 82.4 Å². The molecular weight excluding hydrogens is 409 g/mol. The smallest absolute Gasteiger partial charge is 0.240 e. The van der Waals surface area contributed by atoms with Crippen molar-refractivity contribution in [2.75, 3.05) is 5.75 Å². The monoisotopic (exact) mass is 429 g/mol. The second-order valence-electron chi connectivity index (χ2n) is 6.48. The quantitative estimate of drug-likeness (QED) is 0.305. The summed E-state index contributed by atoms with van der Waals surface area (Å²) in [6.45, 7) is 3.93. The third kappa shape index (κ3) is 5.71. The van der Waals surface area contributed by atoms with Crippen LogP contribution in [0.15, 0.2) is 64.6 Å². The van der Waals surface area contributed by atoms with Crippen molar-refractivity contribution in [2.24, 2.45) is 5.10 Å². The second-order valence-corrected chi connectivity index (χ2v) is 8.09. The number of amides is 1. The molecule has 0 radical (unpaired) electrons. The number of hydrogen-bond donors (Lipinski definition) is 1. The SMILES string of the molecule is Cc1cc(/C=N\NC(=O)CCSc2ccc(Cl)cc2)c(C)n1-c1ccc(F)cc1. The first-order valence-electron chi connectivity index (χ1n) is 9.09. The summed E-state index contributed by atoms with van der Waals surface area (Å²) in [6.07, 6.45) is 1.99. The largest absolute Gasteiger partial charge is 0.318 e. The molecule has 3 aromatic rings. The molecule has 0 saturated carbocycles. The fourth-order valence-corrected chi connectivity index (χ4v) is 3.91. The van der Waals surface area contributed by atoms with Gasteiger partial charge in [0.2, 0.25) is 5.91 Å². The number of benzene rings is 2. The predicted octanol–water partition coefficient (Wildman–Crippen LogP) is 5.52. The van der Waals surface area contributed by atoms with Gasteiger partial charge in [-0.25, -0.2) is 9.82 Å². The number of halogens is 2. The molecule has 29 heavy (non-hydrogen) atoms. The molecule has 0 aliphatic rings. The lowest BCUT2D eigenvalue weighted by atomic mass is 10.2. The highest BCUT2D eigenvalue weighted by Gasteiger charge is 2.09. The van der Waals surface area contributed by atoms with Gasteiger partial charge in [-0.2, -0.15) is 5.10 Å². The number of nitrogens with zero attached hydrogens (tertiary/aromatic N) is 2. The average Bonchev–Trinajstić information content (AvgIpc) is 2.98. The van der Waals surface area contributed by atoms with Gasteiger partial charge >= 0.3 is 0 Å².